The Morgan fingerprint density at radius 2 is 1.90 bits per heavy atom. The van der Waals surface area contributed by atoms with Crippen molar-refractivity contribution in [2.75, 3.05) is 18.5 Å². The van der Waals surface area contributed by atoms with Crippen LogP contribution in [-0.2, 0) is 11.2 Å². The SMILES string of the molecule is CN(C(=O)C(CN)Cc1ccccc1)c1cccc(O)c1. The third kappa shape index (κ3) is 3.83. The number of carbonyl (C=O) groups excluding carboxylic acids is 1. The number of nitrogens with zero attached hydrogens (tertiary/aromatic N) is 1. The lowest BCUT2D eigenvalue weighted by Gasteiger charge is -2.23. The van der Waals surface area contributed by atoms with Crippen molar-refractivity contribution in [1.82, 2.24) is 0 Å². The van der Waals surface area contributed by atoms with Gasteiger partial charge in [0.1, 0.15) is 5.75 Å². The molecule has 0 bridgehead atoms. The van der Waals surface area contributed by atoms with Gasteiger partial charge < -0.3 is 15.7 Å². The summed E-state index contributed by atoms with van der Waals surface area (Å²) in [6.45, 7) is 0.289. The zero-order valence-corrected chi connectivity index (χ0v) is 12.1. The molecule has 3 N–H and O–H groups in total. The average molecular weight is 284 g/mol. The summed E-state index contributed by atoms with van der Waals surface area (Å²) < 4.78 is 0. The van der Waals surface area contributed by atoms with E-state index < -0.39 is 0 Å². The lowest BCUT2D eigenvalue weighted by Crippen LogP contribution is -2.37. The number of aromatic hydroxyl groups is 1. The van der Waals surface area contributed by atoms with E-state index in [1.165, 1.54) is 0 Å². The Balaban J connectivity index is 2.12. The summed E-state index contributed by atoms with van der Waals surface area (Å²) in [5, 5.41) is 9.51. The van der Waals surface area contributed by atoms with E-state index in [1.54, 1.807) is 36.2 Å². The fraction of sp³-hybridized carbons (Fsp3) is 0.235. The van der Waals surface area contributed by atoms with Crippen molar-refractivity contribution in [2.24, 2.45) is 11.7 Å². The number of carbonyl (C=O) groups is 1. The van der Waals surface area contributed by atoms with E-state index in [1.807, 2.05) is 30.3 Å². The van der Waals surface area contributed by atoms with E-state index >= 15 is 0 Å². The van der Waals surface area contributed by atoms with E-state index in [4.69, 9.17) is 5.73 Å². The van der Waals surface area contributed by atoms with Crippen LogP contribution in [0.15, 0.2) is 54.6 Å². The molecule has 1 amide bonds. The van der Waals surface area contributed by atoms with Crippen molar-refractivity contribution >= 4 is 11.6 Å². The Bertz CT molecular complexity index is 599. The molecule has 0 spiro atoms. The third-order valence-electron chi connectivity index (χ3n) is 3.51. The molecule has 0 heterocycles. The highest BCUT2D eigenvalue weighted by Crippen LogP contribution is 2.21. The highest BCUT2D eigenvalue weighted by molar-refractivity contribution is 5.95. The van der Waals surface area contributed by atoms with Gasteiger partial charge in [0, 0.05) is 25.3 Å². The first-order valence-corrected chi connectivity index (χ1v) is 6.92. The summed E-state index contributed by atoms with van der Waals surface area (Å²) in [5.41, 5.74) is 7.52. The second kappa shape index (κ2) is 6.90. The van der Waals surface area contributed by atoms with Crippen LogP contribution in [-0.4, -0.2) is 24.6 Å². The van der Waals surface area contributed by atoms with Crippen molar-refractivity contribution in [2.45, 2.75) is 6.42 Å². The first-order chi connectivity index (χ1) is 10.1. The molecule has 0 saturated carbocycles. The summed E-state index contributed by atoms with van der Waals surface area (Å²) in [6, 6.07) is 16.5. The summed E-state index contributed by atoms with van der Waals surface area (Å²) in [5.74, 6) is -0.189. The molecule has 110 valence electrons. The van der Waals surface area contributed by atoms with Gasteiger partial charge in [-0.2, -0.15) is 0 Å². The Hall–Kier alpha value is -2.33. The molecule has 1 atom stereocenters. The first-order valence-electron chi connectivity index (χ1n) is 6.92. The van der Waals surface area contributed by atoms with Crippen LogP contribution in [0, 0.1) is 5.92 Å². The highest BCUT2D eigenvalue weighted by atomic mass is 16.3. The van der Waals surface area contributed by atoms with Crippen LogP contribution >= 0.6 is 0 Å². The number of phenols is 1. The van der Waals surface area contributed by atoms with Crippen LogP contribution in [0.3, 0.4) is 0 Å². The van der Waals surface area contributed by atoms with Crippen molar-refractivity contribution in [1.29, 1.82) is 0 Å². The molecule has 0 saturated heterocycles. The largest absolute Gasteiger partial charge is 0.508 e. The van der Waals surface area contributed by atoms with Gasteiger partial charge in [-0.3, -0.25) is 4.79 Å². The molecule has 0 fully saturated rings. The van der Waals surface area contributed by atoms with Gasteiger partial charge in [-0.1, -0.05) is 36.4 Å². The molecule has 2 aromatic rings. The predicted octanol–water partition coefficient (Wildman–Crippen LogP) is 2.17. The van der Waals surface area contributed by atoms with Gasteiger partial charge in [-0.15, -0.1) is 0 Å². The first kappa shape index (κ1) is 15.1. The van der Waals surface area contributed by atoms with Crippen LogP contribution in [0.2, 0.25) is 0 Å². The zero-order chi connectivity index (χ0) is 15.2. The number of amides is 1. The quantitative estimate of drug-likeness (QED) is 0.884. The van der Waals surface area contributed by atoms with Crippen LogP contribution in [0.25, 0.3) is 0 Å². The molecule has 0 radical (unpaired) electrons. The van der Waals surface area contributed by atoms with Crippen molar-refractivity contribution in [3.63, 3.8) is 0 Å². The maximum absolute atomic E-state index is 12.6. The van der Waals surface area contributed by atoms with Gasteiger partial charge >= 0.3 is 0 Å². The fourth-order valence-corrected chi connectivity index (χ4v) is 2.27. The van der Waals surface area contributed by atoms with E-state index in [0.29, 0.717) is 12.1 Å². The van der Waals surface area contributed by atoms with E-state index in [9.17, 15) is 9.90 Å². The van der Waals surface area contributed by atoms with Gasteiger partial charge in [0.05, 0.1) is 5.92 Å². The summed E-state index contributed by atoms with van der Waals surface area (Å²) in [7, 11) is 1.70. The molecule has 0 aliphatic carbocycles. The van der Waals surface area contributed by atoms with Crippen LogP contribution in [0.4, 0.5) is 5.69 Å². The molecule has 0 aromatic heterocycles. The van der Waals surface area contributed by atoms with Crippen molar-refractivity contribution in [3.05, 3.63) is 60.2 Å². The number of anilines is 1. The lowest BCUT2D eigenvalue weighted by molar-refractivity contribution is -0.121. The predicted molar refractivity (Wildman–Crippen MR) is 84.2 cm³/mol. The number of rotatable bonds is 5. The number of benzene rings is 2. The van der Waals surface area contributed by atoms with E-state index in [-0.39, 0.29) is 24.1 Å². The van der Waals surface area contributed by atoms with Gasteiger partial charge in [-0.05, 0) is 24.1 Å². The third-order valence-corrected chi connectivity index (χ3v) is 3.51. The molecule has 0 aliphatic rings. The maximum atomic E-state index is 12.6. The normalized spacial score (nSPS) is 11.9. The molecule has 4 nitrogen and oxygen atoms in total. The molecule has 1 unspecified atom stereocenters. The monoisotopic (exact) mass is 284 g/mol. The van der Waals surface area contributed by atoms with Gasteiger partial charge in [-0.25, -0.2) is 0 Å². The minimum atomic E-state index is -0.278. The van der Waals surface area contributed by atoms with Crippen molar-refractivity contribution < 1.29 is 9.90 Å². The molecule has 0 aliphatic heterocycles. The smallest absolute Gasteiger partial charge is 0.231 e. The second-order valence-corrected chi connectivity index (χ2v) is 5.04. The molecule has 4 heteroatoms. The van der Waals surface area contributed by atoms with Crippen molar-refractivity contribution in [3.8, 4) is 5.75 Å². The molecule has 21 heavy (non-hydrogen) atoms. The molecular weight excluding hydrogens is 264 g/mol. The molecule has 2 rings (SSSR count). The standard InChI is InChI=1S/C17H20N2O2/c1-19(15-8-5-9-16(20)11-15)17(21)14(12-18)10-13-6-3-2-4-7-13/h2-9,11,14,20H,10,12,18H2,1H3. The van der Waals surface area contributed by atoms with Gasteiger partial charge in [0.25, 0.3) is 0 Å². The van der Waals surface area contributed by atoms with Gasteiger partial charge in [0.15, 0.2) is 0 Å². The summed E-state index contributed by atoms with van der Waals surface area (Å²) in [6.07, 6.45) is 0.610. The Morgan fingerprint density at radius 1 is 1.19 bits per heavy atom. The number of nitrogens with two attached hydrogens (primary N) is 1. The average Bonchev–Trinajstić information content (AvgIpc) is 2.52. The van der Waals surface area contributed by atoms with E-state index in [2.05, 4.69) is 0 Å². The minimum Gasteiger partial charge on any atom is -0.508 e. The van der Waals surface area contributed by atoms with Crippen LogP contribution < -0.4 is 10.6 Å². The Morgan fingerprint density at radius 3 is 2.52 bits per heavy atom. The molecular formula is C17H20N2O2. The fourth-order valence-electron chi connectivity index (χ4n) is 2.27. The number of phenolic OH excluding ortho intramolecular Hbond substituents is 1. The number of hydrogen-bond acceptors (Lipinski definition) is 3. The van der Waals surface area contributed by atoms with Crippen LogP contribution in [0.5, 0.6) is 5.75 Å². The van der Waals surface area contributed by atoms with Gasteiger partial charge in [0.2, 0.25) is 5.91 Å². The van der Waals surface area contributed by atoms with E-state index in [0.717, 1.165) is 5.56 Å². The number of hydrogen-bond donors (Lipinski definition) is 2. The zero-order valence-electron chi connectivity index (χ0n) is 12.1. The molecule has 2 aromatic carbocycles. The van der Waals surface area contributed by atoms with Crippen LogP contribution in [0.1, 0.15) is 5.56 Å². The maximum Gasteiger partial charge on any atom is 0.231 e. The lowest BCUT2D eigenvalue weighted by atomic mass is 9.98. The summed E-state index contributed by atoms with van der Waals surface area (Å²) in [4.78, 5) is 14.1. The summed E-state index contributed by atoms with van der Waals surface area (Å²) >= 11 is 0. The highest BCUT2D eigenvalue weighted by Gasteiger charge is 2.22. The second-order valence-electron chi connectivity index (χ2n) is 5.04. The Labute approximate surface area is 124 Å². The topological polar surface area (TPSA) is 66.6 Å². The minimum absolute atomic E-state index is 0.0491. The Kier molecular flexibility index (Phi) is 4.95.